The van der Waals surface area contributed by atoms with Gasteiger partial charge in [-0.2, -0.15) is 0 Å². The van der Waals surface area contributed by atoms with Crippen molar-refractivity contribution < 1.29 is 13.9 Å². The zero-order chi connectivity index (χ0) is 17.5. The highest BCUT2D eigenvalue weighted by molar-refractivity contribution is 7.80. The van der Waals surface area contributed by atoms with Crippen molar-refractivity contribution in [3.8, 4) is 11.5 Å². The second-order valence-electron chi connectivity index (χ2n) is 5.07. The van der Waals surface area contributed by atoms with Crippen molar-refractivity contribution in [2.75, 3.05) is 23.8 Å². The van der Waals surface area contributed by atoms with Crippen molar-refractivity contribution in [2.24, 2.45) is 0 Å². The average molecular weight is 348 g/mol. The molecule has 0 saturated carbocycles. The predicted octanol–water partition coefficient (Wildman–Crippen LogP) is 4.74. The Morgan fingerprint density at radius 3 is 2.46 bits per heavy atom. The molecule has 24 heavy (non-hydrogen) atoms. The fourth-order valence-electron chi connectivity index (χ4n) is 2.10. The third kappa shape index (κ3) is 4.83. The Morgan fingerprint density at radius 2 is 1.79 bits per heavy atom. The predicted molar refractivity (Wildman–Crippen MR) is 99.8 cm³/mol. The number of benzene rings is 2. The second kappa shape index (κ2) is 8.49. The lowest BCUT2D eigenvalue weighted by molar-refractivity contribution is 0.332. The summed E-state index contributed by atoms with van der Waals surface area (Å²) in [7, 11) is 0. The Balaban J connectivity index is 2.13. The molecule has 0 bridgehead atoms. The van der Waals surface area contributed by atoms with Gasteiger partial charge in [-0.1, -0.05) is 6.07 Å². The minimum absolute atomic E-state index is 0.281. The number of nitrogens with one attached hydrogen (secondary N) is 2. The lowest BCUT2D eigenvalue weighted by Gasteiger charge is -2.16. The van der Waals surface area contributed by atoms with Gasteiger partial charge in [0.1, 0.15) is 17.3 Å². The molecule has 6 heteroatoms. The Bertz CT molecular complexity index is 722. The summed E-state index contributed by atoms with van der Waals surface area (Å²) >= 11 is 5.30. The Kier molecular flexibility index (Phi) is 6.37. The topological polar surface area (TPSA) is 42.5 Å². The molecule has 0 saturated heterocycles. The first kappa shape index (κ1) is 18.0. The van der Waals surface area contributed by atoms with E-state index in [4.69, 9.17) is 21.7 Å². The van der Waals surface area contributed by atoms with Crippen molar-refractivity contribution in [1.29, 1.82) is 0 Å². The van der Waals surface area contributed by atoms with Gasteiger partial charge < -0.3 is 20.1 Å². The van der Waals surface area contributed by atoms with Gasteiger partial charge in [-0.3, -0.25) is 0 Å². The van der Waals surface area contributed by atoms with E-state index in [1.165, 1.54) is 6.07 Å². The summed E-state index contributed by atoms with van der Waals surface area (Å²) in [5.41, 5.74) is 1.85. The number of ether oxygens (including phenoxy) is 2. The van der Waals surface area contributed by atoms with Crippen LogP contribution in [0, 0.1) is 12.7 Å². The molecule has 0 aromatic heterocycles. The number of thiocarbonyl (C=S) groups is 1. The first-order valence-corrected chi connectivity index (χ1v) is 8.18. The molecular weight excluding hydrogens is 327 g/mol. The first-order valence-electron chi connectivity index (χ1n) is 7.77. The summed E-state index contributed by atoms with van der Waals surface area (Å²) in [6.45, 7) is 6.64. The van der Waals surface area contributed by atoms with Crippen LogP contribution in [0.2, 0.25) is 0 Å². The summed E-state index contributed by atoms with van der Waals surface area (Å²) in [4.78, 5) is 0. The van der Waals surface area contributed by atoms with E-state index in [2.05, 4.69) is 10.6 Å². The normalized spacial score (nSPS) is 10.2. The molecule has 0 unspecified atom stereocenters. The lowest BCUT2D eigenvalue weighted by atomic mass is 10.2. The van der Waals surface area contributed by atoms with Crippen molar-refractivity contribution in [3.63, 3.8) is 0 Å². The van der Waals surface area contributed by atoms with E-state index >= 15 is 0 Å². The summed E-state index contributed by atoms with van der Waals surface area (Å²) < 4.78 is 24.7. The SMILES string of the molecule is CCOc1ccc(OCC)c(NC(=S)Nc2ccc(C)c(F)c2)c1. The van der Waals surface area contributed by atoms with Crippen molar-refractivity contribution in [3.05, 3.63) is 47.8 Å². The standard InChI is InChI=1S/C18H21FN2O2S/c1-4-22-14-8-9-17(23-5-2)16(11-14)21-18(24)20-13-7-6-12(3)15(19)10-13/h6-11H,4-5H2,1-3H3,(H2,20,21,24). The largest absolute Gasteiger partial charge is 0.494 e. The van der Waals surface area contributed by atoms with Crippen molar-refractivity contribution >= 4 is 28.7 Å². The molecule has 0 spiro atoms. The van der Waals surface area contributed by atoms with Gasteiger partial charge in [-0.15, -0.1) is 0 Å². The van der Waals surface area contributed by atoms with Crippen LogP contribution in [-0.2, 0) is 0 Å². The molecule has 0 fully saturated rings. The molecule has 0 amide bonds. The minimum atomic E-state index is -0.281. The van der Waals surface area contributed by atoms with Crippen LogP contribution in [0.3, 0.4) is 0 Å². The molecule has 0 aliphatic carbocycles. The molecule has 0 aliphatic rings. The molecule has 2 rings (SSSR count). The molecule has 4 nitrogen and oxygen atoms in total. The fraction of sp³-hybridized carbons (Fsp3) is 0.278. The molecule has 0 atom stereocenters. The van der Waals surface area contributed by atoms with Crippen LogP contribution in [0.5, 0.6) is 11.5 Å². The van der Waals surface area contributed by atoms with Gasteiger partial charge in [0.15, 0.2) is 5.11 Å². The Hall–Kier alpha value is -2.34. The Morgan fingerprint density at radius 1 is 1.04 bits per heavy atom. The summed E-state index contributed by atoms with van der Waals surface area (Å²) in [5, 5.41) is 6.37. The van der Waals surface area contributed by atoms with E-state index < -0.39 is 0 Å². The van der Waals surface area contributed by atoms with E-state index in [0.29, 0.717) is 46.8 Å². The van der Waals surface area contributed by atoms with E-state index in [1.54, 1.807) is 19.1 Å². The third-order valence-electron chi connectivity index (χ3n) is 3.24. The number of hydrogen-bond acceptors (Lipinski definition) is 3. The van der Waals surface area contributed by atoms with Crippen LogP contribution < -0.4 is 20.1 Å². The fourth-order valence-corrected chi connectivity index (χ4v) is 2.33. The van der Waals surface area contributed by atoms with Crippen molar-refractivity contribution in [1.82, 2.24) is 0 Å². The van der Waals surface area contributed by atoms with E-state index in [-0.39, 0.29) is 5.82 Å². The van der Waals surface area contributed by atoms with Crippen LogP contribution in [0.4, 0.5) is 15.8 Å². The minimum Gasteiger partial charge on any atom is -0.494 e. The van der Waals surface area contributed by atoms with Crippen LogP contribution in [0.15, 0.2) is 36.4 Å². The highest BCUT2D eigenvalue weighted by atomic mass is 32.1. The quantitative estimate of drug-likeness (QED) is 0.738. The van der Waals surface area contributed by atoms with Gasteiger partial charge in [0.05, 0.1) is 18.9 Å². The summed E-state index contributed by atoms with van der Waals surface area (Å²) in [5.74, 6) is 1.10. The van der Waals surface area contributed by atoms with Crippen LogP contribution in [-0.4, -0.2) is 18.3 Å². The van der Waals surface area contributed by atoms with Gasteiger partial charge in [-0.05, 0) is 62.8 Å². The zero-order valence-electron chi connectivity index (χ0n) is 14.0. The van der Waals surface area contributed by atoms with Crippen LogP contribution >= 0.6 is 12.2 Å². The first-order chi connectivity index (χ1) is 11.5. The van der Waals surface area contributed by atoms with Gasteiger partial charge in [-0.25, -0.2) is 4.39 Å². The number of aryl methyl sites for hydroxylation is 1. The van der Waals surface area contributed by atoms with Crippen LogP contribution in [0.1, 0.15) is 19.4 Å². The van der Waals surface area contributed by atoms with Gasteiger partial charge in [0, 0.05) is 11.8 Å². The average Bonchev–Trinajstić information content (AvgIpc) is 2.54. The van der Waals surface area contributed by atoms with Gasteiger partial charge in [0.25, 0.3) is 0 Å². The number of anilines is 2. The molecular formula is C18H21FN2O2S. The summed E-state index contributed by atoms with van der Waals surface area (Å²) in [6, 6.07) is 10.4. The maximum atomic E-state index is 13.6. The maximum Gasteiger partial charge on any atom is 0.175 e. The van der Waals surface area contributed by atoms with E-state index in [9.17, 15) is 4.39 Å². The van der Waals surface area contributed by atoms with Gasteiger partial charge in [0.2, 0.25) is 0 Å². The zero-order valence-corrected chi connectivity index (χ0v) is 14.8. The Labute approximate surface area is 147 Å². The highest BCUT2D eigenvalue weighted by Gasteiger charge is 2.09. The monoisotopic (exact) mass is 348 g/mol. The van der Waals surface area contributed by atoms with Gasteiger partial charge >= 0.3 is 0 Å². The molecule has 2 aromatic carbocycles. The van der Waals surface area contributed by atoms with E-state index in [0.717, 1.165) is 0 Å². The highest BCUT2D eigenvalue weighted by Crippen LogP contribution is 2.29. The third-order valence-corrected chi connectivity index (χ3v) is 3.44. The molecule has 2 aromatic rings. The smallest absolute Gasteiger partial charge is 0.175 e. The molecule has 2 N–H and O–H groups in total. The molecule has 128 valence electrons. The van der Waals surface area contributed by atoms with E-state index in [1.807, 2.05) is 32.0 Å². The molecule has 0 heterocycles. The molecule has 0 aliphatic heterocycles. The van der Waals surface area contributed by atoms with Crippen LogP contribution in [0.25, 0.3) is 0 Å². The number of rotatable bonds is 6. The summed E-state index contributed by atoms with van der Waals surface area (Å²) in [6.07, 6.45) is 0. The lowest BCUT2D eigenvalue weighted by Crippen LogP contribution is -2.19. The second-order valence-corrected chi connectivity index (χ2v) is 5.48. The number of hydrogen-bond donors (Lipinski definition) is 2. The number of halogens is 1. The molecule has 0 radical (unpaired) electrons. The van der Waals surface area contributed by atoms with Crippen molar-refractivity contribution in [2.45, 2.75) is 20.8 Å². The maximum absolute atomic E-state index is 13.6.